The van der Waals surface area contributed by atoms with Crippen LogP contribution in [0.4, 0.5) is 0 Å². The molecule has 0 aliphatic carbocycles. The van der Waals surface area contributed by atoms with Gasteiger partial charge in [-0.2, -0.15) is 0 Å². The average Bonchev–Trinajstić information content (AvgIpc) is 2.47. The molecule has 0 rings (SSSR count). The molecule has 0 fully saturated rings. The van der Waals surface area contributed by atoms with Crippen molar-refractivity contribution in [3.63, 3.8) is 0 Å². The van der Waals surface area contributed by atoms with Gasteiger partial charge in [0.15, 0.2) is 0 Å². The maximum absolute atomic E-state index is 3.08. The van der Waals surface area contributed by atoms with E-state index in [1.807, 2.05) is 0 Å². The van der Waals surface area contributed by atoms with Gasteiger partial charge >= 0.3 is 0 Å². The minimum atomic E-state index is -1.68. The fourth-order valence-electron chi connectivity index (χ4n) is 7.06. The molecule has 32 heavy (non-hydrogen) atoms. The van der Waals surface area contributed by atoms with E-state index in [4.69, 9.17) is 0 Å². The van der Waals surface area contributed by atoms with Gasteiger partial charge in [-0.25, -0.2) is 0 Å². The molecule has 0 unspecified atom stereocenters. The lowest BCUT2D eigenvalue weighted by Crippen LogP contribution is -2.99. The smallest absolute Gasteiger partial charge is 0.0413 e. The molecule has 0 heterocycles. The number of hydrogen-bond acceptors (Lipinski definition) is 0. The predicted octanol–water partition coefficient (Wildman–Crippen LogP) is 10.6. The number of hydrogen-bond donors (Lipinski definition) is 0. The summed E-state index contributed by atoms with van der Waals surface area (Å²) < 4.78 is 0. The first-order chi connectivity index (χ1) is 13.2. The van der Waals surface area contributed by atoms with Gasteiger partial charge in [-0.1, -0.05) is 149 Å². The second kappa shape index (κ2) is 8.42. The summed E-state index contributed by atoms with van der Waals surface area (Å²) in [6.45, 7) is 57.7. The zero-order valence-electron chi connectivity index (χ0n) is 27.0. The standard InChI is InChI=1S/C26H66Si6/c1-23(2,3)27(13,14)31(21,28(15,16)24(4,5)6)32(22,29(17,18)25(7,8)9)30(19,20)26(10,11)12/h1-22H3. The summed E-state index contributed by atoms with van der Waals surface area (Å²) in [6, 6.07) is 0. The van der Waals surface area contributed by atoms with Crippen molar-refractivity contribution < 1.29 is 0 Å². The topological polar surface area (TPSA) is 0 Å². The Balaban J connectivity index is 8.37. The van der Waals surface area contributed by atoms with Crippen LogP contribution in [0.15, 0.2) is 0 Å². The zero-order chi connectivity index (χ0) is 27.0. The molecular formula is C26H66Si6. The second-order valence-corrected chi connectivity index (χ2v) is 83.2. The van der Waals surface area contributed by atoms with Crippen molar-refractivity contribution in [2.75, 3.05) is 0 Å². The largest absolute Gasteiger partial charge is 0.0750 e. The Bertz CT molecular complexity index is 561. The third-order valence-electron chi connectivity index (χ3n) is 13.5. The Morgan fingerprint density at radius 1 is 0.250 bits per heavy atom. The first kappa shape index (κ1) is 33.3. The van der Waals surface area contributed by atoms with Crippen molar-refractivity contribution in [2.45, 2.75) is 169 Å². The van der Waals surface area contributed by atoms with Gasteiger partial charge < -0.3 is 0 Å². The van der Waals surface area contributed by atoms with Gasteiger partial charge in [0.2, 0.25) is 0 Å². The summed E-state index contributed by atoms with van der Waals surface area (Å²) in [5.74, 6) is 0. The van der Waals surface area contributed by atoms with Crippen LogP contribution in [0.3, 0.4) is 0 Å². The Morgan fingerprint density at radius 2 is 0.344 bits per heavy atom. The summed E-state index contributed by atoms with van der Waals surface area (Å²) in [7, 11) is -6.34. The molecule has 0 aromatic heterocycles. The molecule has 194 valence electrons. The van der Waals surface area contributed by atoms with E-state index in [0.29, 0.717) is 20.2 Å². The molecular weight excluding hydrogens is 481 g/mol. The summed E-state index contributed by atoms with van der Waals surface area (Å²) >= 11 is 0. The van der Waals surface area contributed by atoms with Crippen molar-refractivity contribution in [1.29, 1.82) is 0 Å². The van der Waals surface area contributed by atoms with E-state index in [2.05, 4.69) is 149 Å². The fourth-order valence-corrected chi connectivity index (χ4v) is 231. The SMILES string of the molecule is CC(C)(C)[Si](C)(C)[Si](C)([Si](C)(C)C(C)(C)C)[Si](C)([Si](C)(C)C(C)(C)C)[Si](C)(C)C(C)(C)C. The third-order valence-corrected chi connectivity index (χ3v) is 158. The van der Waals surface area contributed by atoms with Crippen LogP contribution in [-0.2, 0) is 0 Å². The first-order valence-corrected chi connectivity index (χ1v) is 35.2. The van der Waals surface area contributed by atoms with E-state index < -0.39 is 43.6 Å². The quantitative estimate of drug-likeness (QED) is 0.301. The monoisotopic (exact) mass is 546 g/mol. The molecule has 0 nitrogen and oxygen atoms in total. The summed E-state index contributed by atoms with van der Waals surface area (Å²) in [6.07, 6.45) is 0. The van der Waals surface area contributed by atoms with Gasteiger partial charge in [0.1, 0.15) is 0 Å². The Hall–Kier alpha value is 1.30. The summed E-state index contributed by atoms with van der Waals surface area (Å²) in [5, 5.41) is 1.84. The van der Waals surface area contributed by atoms with Crippen LogP contribution >= 0.6 is 0 Å². The molecule has 0 aliphatic heterocycles. The highest BCUT2D eigenvalue weighted by Crippen LogP contribution is 2.62. The normalized spacial score (nSPS) is 17.1. The summed E-state index contributed by atoms with van der Waals surface area (Å²) in [5.41, 5.74) is 0. The number of rotatable bonds is 5. The van der Waals surface area contributed by atoms with Gasteiger partial charge in [0, 0.05) is 43.6 Å². The lowest BCUT2D eigenvalue weighted by atomic mass is 10.2. The van der Waals surface area contributed by atoms with Crippen LogP contribution in [0.25, 0.3) is 0 Å². The summed E-state index contributed by atoms with van der Waals surface area (Å²) in [4.78, 5) is 0. The molecule has 0 N–H and O–H groups in total. The van der Waals surface area contributed by atoms with Gasteiger partial charge in [-0.05, 0) is 20.2 Å². The van der Waals surface area contributed by atoms with E-state index in [1.54, 1.807) is 0 Å². The minimum Gasteiger partial charge on any atom is -0.0750 e. The van der Waals surface area contributed by atoms with E-state index in [0.717, 1.165) is 0 Å². The van der Waals surface area contributed by atoms with Crippen molar-refractivity contribution >= 4 is 43.6 Å². The van der Waals surface area contributed by atoms with Crippen LogP contribution in [0, 0.1) is 0 Å². The average molecular weight is 547 g/mol. The highest BCUT2D eigenvalue weighted by atomic mass is 30.2. The van der Waals surface area contributed by atoms with E-state index >= 15 is 0 Å². The van der Waals surface area contributed by atoms with Crippen molar-refractivity contribution in [3.05, 3.63) is 0 Å². The molecule has 6 heteroatoms. The molecule has 0 bridgehead atoms. The van der Waals surface area contributed by atoms with Crippen LogP contribution in [0.2, 0.25) is 85.6 Å². The maximum atomic E-state index is 3.08. The lowest BCUT2D eigenvalue weighted by molar-refractivity contribution is 0.721. The minimum absolute atomic E-state index is 0.461. The molecule has 0 aliphatic rings. The molecule has 0 atom stereocenters. The Labute approximate surface area is 211 Å². The highest BCUT2D eigenvalue weighted by molar-refractivity contribution is 8.09. The van der Waals surface area contributed by atoms with Gasteiger partial charge in [-0.15, -0.1) is 0 Å². The van der Waals surface area contributed by atoms with Crippen molar-refractivity contribution in [1.82, 2.24) is 0 Å². The van der Waals surface area contributed by atoms with Gasteiger partial charge in [0.25, 0.3) is 0 Å². The molecule has 0 saturated carbocycles. The van der Waals surface area contributed by atoms with Crippen LogP contribution in [0.5, 0.6) is 0 Å². The fraction of sp³-hybridized carbons (Fsp3) is 1.00. The third kappa shape index (κ3) is 4.24. The lowest BCUT2D eigenvalue weighted by Gasteiger charge is -2.75. The zero-order valence-corrected chi connectivity index (χ0v) is 33.0. The Morgan fingerprint density at radius 3 is 0.406 bits per heavy atom. The van der Waals surface area contributed by atoms with Crippen LogP contribution in [-0.4, -0.2) is 43.6 Å². The molecule has 0 spiro atoms. The van der Waals surface area contributed by atoms with Gasteiger partial charge in [-0.3, -0.25) is 0 Å². The molecule has 0 saturated heterocycles. The molecule has 0 amide bonds. The van der Waals surface area contributed by atoms with Crippen molar-refractivity contribution in [3.8, 4) is 0 Å². The molecule has 0 radical (unpaired) electrons. The van der Waals surface area contributed by atoms with Crippen LogP contribution in [0.1, 0.15) is 83.1 Å². The van der Waals surface area contributed by atoms with E-state index in [1.165, 1.54) is 0 Å². The van der Waals surface area contributed by atoms with E-state index in [9.17, 15) is 0 Å². The van der Waals surface area contributed by atoms with Crippen LogP contribution < -0.4 is 0 Å². The molecule has 0 aromatic carbocycles. The van der Waals surface area contributed by atoms with E-state index in [-0.39, 0.29) is 0 Å². The van der Waals surface area contributed by atoms with Crippen molar-refractivity contribution in [2.24, 2.45) is 0 Å². The first-order valence-electron chi connectivity index (χ1n) is 13.2. The highest BCUT2D eigenvalue weighted by Gasteiger charge is 2.78. The predicted molar refractivity (Wildman–Crippen MR) is 172 cm³/mol. The Kier molecular flexibility index (Phi) is 8.76. The van der Waals surface area contributed by atoms with Gasteiger partial charge in [0.05, 0.1) is 0 Å². The maximum Gasteiger partial charge on any atom is 0.0413 e. The second-order valence-electron chi connectivity index (χ2n) is 17.8. The molecule has 0 aromatic rings.